The van der Waals surface area contributed by atoms with Crippen molar-refractivity contribution in [1.29, 1.82) is 0 Å². The summed E-state index contributed by atoms with van der Waals surface area (Å²) in [5, 5.41) is 0.578. The van der Waals surface area contributed by atoms with Crippen molar-refractivity contribution in [3.05, 3.63) is 46.9 Å². The van der Waals surface area contributed by atoms with Gasteiger partial charge in [-0.1, -0.05) is 17.7 Å². The zero-order chi connectivity index (χ0) is 13.0. The predicted octanol–water partition coefficient (Wildman–Crippen LogP) is 2.30. The monoisotopic (exact) mass is 264 g/mol. The van der Waals surface area contributed by atoms with Crippen LogP contribution >= 0.6 is 11.6 Å². The van der Waals surface area contributed by atoms with Gasteiger partial charge in [0.15, 0.2) is 5.82 Å². The maximum absolute atomic E-state index is 6.02. The number of rotatable bonds is 4. The lowest BCUT2D eigenvalue weighted by Crippen LogP contribution is -2.09. The number of aromatic nitrogens is 2. The Bertz CT molecular complexity index is 530. The second kappa shape index (κ2) is 5.66. The molecule has 0 radical (unpaired) electrons. The van der Waals surface area contributed by atoms with Crippen molar-refractivity contribution in [2.45, 2.75) is 13.5 Å². The van der Waals surface area contributed by atoms with Gasteiger partial charge in [0.25, 0.3) is 0 Å². The maximum atomic E-state index is 6.02. The highest BCUT2D eigenvalue weighted by Crippen LogP contribution is 2.25. The summed E-state index contributed by atoms with van der Waals surface area (Å²) in [6.07, 6.45) is 3.13. The van der Waals surface area contributed by atoms with Crippen molar-refractivity contribution in [2.24, 2.45) is 5.84 Å². The van der Waals surface area contributed by atoms with Crippen LogP contribution in [0.25, 0.3) is 0 Å². The highest BCUT2D eigenvalue weighted by molar-refractivity contribution is 6.32. The molecule has 1 aromatic carbocycles. The molecule has 0 bridgehead atoms. The zero-order valence-corrected chi connectivity index (χ0v) is 10.6. The Labute approximate surface area is 110 Å². The van der Waals surface area contributed by atoms with Crippen LogP contribution in [0.2, 0.25) is 5.02 Å². The number of nitrogen functional groups attached to an aromatic ring is 1. The first-order chi connectivity index (χ1) is 8.69. The lowest BCUT2D eigenvalue weighted by Gasteiger charge is -2.08. The molecule has 0 aliphatic rings. The summed E-state index contributed by atoms with van der Waals surface area (Å²) in [6.45, 7) is 2.28. The standard InChI is InChI=1S/C12H13ClN4O/c1-8-2-3-10(13)11(4-8)18-7-9-5-16-12(17-14)6-15-9/h2-6H,7,14H2,1H3,(H,16,17). The number of nitrogens with two attached hydrogens (primary N) is 1. The average Bonchev–Trinajstić information content (AvgIpc) is 2.40. The Kier molecular flexibility index (Phi) is 3.96. The predicted molar refractivity (Wildman–Crippen MR) is 70.4 cm³/mol. The molecule has 1 heterocycles. The number of nitrogens with zero attached hydrogens (tertiary/aromatic N) is 2. The first-order valence-corrected chi connectivity index (χ1v) is 5.73. The van der Waals surface area contributed by atoms with E-state index in [9.17, 15) is 0 Å². The molecular formula is C12H13ClN4O. The van der Waals surface area contributed by atoms with E-state index in [-0.39, 0.29) is 0 Å². The van der Waals surface area contributed by atoms with E-state index >= 15 is 0 Å². The van der Waals surface area contributed by atoms with Crippen LogP contribution < -0.4 is 16.0 Å². The topological polar surface area (TPSA) is 73.1 Å². The van der Waals surface area contributed by atoms with Crippen molar-refractivity contribution in [1.82, 2.24) is 9.97 Å². The van der Waals surface area contributed by atoms with E-state index < -0.39 is 0 Å². The van der Waals surface area contributed by atoms with Crippen LogP contribution in [-0.4, -0.2) is 9.97 Å². The summed E-state index contributed by atoms with van der Waals surface area (Å²) in [7, 11) is 0. The minimum atomic E-state index is 0.307. The second-order valence-electron chi connectivity index (χ2n) is 3.76. The van der Waals surface area contributed by atoms with Crippen LogP contribution in [0.4, 0.5) is 5.82 Å². The van der Waals surface area contributed by atoms with E-state index in [1.54, 1.807) is 12.3 Å². The van der Waals surface area contributed by atoms with Crippen LogP contribution in [0.3, 0.4) is 0 Å². The molecule has 6 heteroatoms. The fourth-order valence-electron chi connectivity index (χ4n) is 1.38. The van der Waals surface area contributed by atoms with Gasteiger partial charge in [0, 0.05) is 0 Å². The SMILES string of the molecule is Cc1ccc(Cl)c(OCc2cnc(NN)cn2)c1. The van der Waals surface area contributed by atoms with E-state index in [2.05, 4.69) is 15.4 Å². The van der Waals surface area contributed by atoms with E-state index in [1.807, 2.05) is 19.1 Å². The molecule has 0 fully saturated rings. The third kappa shape index (κ3) is 3.09. The molecule has 0 saturated heterocycles. The van der Waals surface area contributed by atoms with Crippen molar-refractivity contribution in [3.8, 4) is 5.75 Å². The summed E-state index contributed by atoms with van der Waals surface area (Å²) in [5.74, 6) is 6.35. The molecule has 2 aromatic rings. The summed E-state index contributed by atoms with van der Waals surface area (Å²) in [6, 6.07) is 5.61. The third-order valence-corrected chi connectivity index (χ3v) is 2.63. The van der Waals surface area contributed by atoms with E-state index in [4.69, 9.17) is 22.2 Å². The quantitative estimate of drug-likeness (QED) is 0.655. The number of ether oxygens (including phenoxy) is 1. The summed E-state index contributed by atoms with van der Waals surface area (Å²) < 4.78 is 5.59. The highest BCUT2D eigenvalue weighted by atomic mass is 35.5. The molecule has 1 aromatic heterocycles. The third-order valence-electron chi connectivity index (χ3n) is 2.32. The molecular weight excluding hydrogens is 252 g/mol. The largest absolute Gasteiger partial charge is 0.486 e. The molecule has 18 heavy (non-hydrogen) atoms. The molecule has 2 rings (SSSR count). The second-order valence-corrected chi connectivity index (χ2v) is 4.17. The minimum absolute atomic E-state index is 0.307. The normalized spacial score (nSPS) is 10.2. The van der Waals surface area contributed by atoms with E-state index in [0.717, 1.165) is 5.56 Å². The van der Waals surface area contributed by atoms with Crippen LogP contribution in [0.15, 0.2) is 30.6 Å². The minimum Gasteiger partial charge on any atom is -0.486 e. The Hall–Kier alpha value is -1.85. The summed E-state index contributed by atoms with van der Waals surface area (Å²) in [5.41, 5.74) is 4.20. The van der Waals surface area contributed by atoms with Crippen molar-refractivity contribution >= 4 is 17.4 Å². The van der Waals surface area contributed by atoms with Gasteiger partial charge in [-0.2, -0.15) is 0 Å². The van der Waals surface area contributed by atoms with Gasteiger partial charge < -0.3 is 10.2 Å². The molecule has 0 unspecified atom stereocenters. The molecule has 0 aliphatic carbocycles. The molecule has 94 valence electrons. The maximum Gasteiger partial charge on any atom is 0.158 e. The number of hydrazine groups is 1. The van der Waals surface area contributed by atoms with E-state index in [0.29, 0.717) is 28.9 Å². The van der Waals surface area contributed by atoms with Gasteiger partial charge in [0.2, 0.25) is 0 Å². The first kappa shape index (κ1) is 12.6. The van der Waals surface area contributed by atoms with Gasteiger partial charge in [0.1, 0.15) is 12.4 Å². The number of anilines is 1. The number of nitrogens with one attached hydrogen (secondary N) is 1. The number of hydrogen-bond acceptors (Lipinski definition) is 5. The van der Waals surface area contributed by atoms with Crippen LogP contribution in [0.1, 0.15) is 11.3 Å². The molecule has 0 spiro atoms. The lowest BCUT2D eigenvalue weighted by molar-refractivity contribution is 0.301. The van der Waals surface area contributed by atoms with E-state index in [1.165, 1.54) is 6.20 Å². The Morgan fingerprint density at radius 2 is 2.17 bits per heavy atom. The van der Waals surface area contributed by atoms with Crippen molar-refractivity contribution in [3.63, 3.8) is 0 Å². The van der Waals surface area contributed by atoms with Crippen LogP contribution in [0, 0.1) is 6.92 Å². The van der Waals surface area contributed by atoms with Gasteiger partial charge in [-0.3, -0.25) is 4.98 Å². The van der Waals surface area contributed by atoms with Crippen molar-refractivity contribution < 1.29 is 4.74 Å². The number of aryl methyl sites for hydroxylation is 1. The lowest BCUT2D eigenvalue weighted by atomic mass is 10.2. The van der Waals surface area contributed by atoms with Crippen LogP contribution in [0.5, 0.6) is 5.75 Å². The fraction of sp³-hybridized carbons (Fsp3) is 0.167. The average molecular weight is 265 g/mol. The smallest absolute Gasteiger partial charge is 0.158 e. The zero-order valence-electron chi connectivity index (χ0n) is 9.85. The molecule has 5 nitrogen and oxygen atoms in total. The Morgan fingerprint density at radius 3 is 2.83 bits per heavy atom. The Morgan fingerprint density at radius 1 is 1.33 bits per heavy atom. The summed E-state index contributed by atoms with van der Waals surface area (Å²) >= 11 is 6.02. The van der Waals surface area contributed by atoms with Gasteiger partial charge in [0.05, 0.1) is 23.1 Å². The first-order valence-electron chi connectivity index (χ1n) is 5.35. The van der Waals surface area contributed by atoms with Gasteiger partial charge >= 0.3 is 0 Å². The van der Waals surface area contributed by atoms with Gasteiger partial charge in [-0.25, -0.2) is 10.8 Å². The molecule has 0 atom stereocenters. The summed E-state index contributed by atoms with van der Waals surface area (Å²) in [4.78, 5) is 8.18. The molecule has 3 N–H and O–H groups in total. The van der Waals surface area contributed by atoms with Crippen LogP contribution in [-0.2, 0) is 6.61 Å². The molecule has 0 saturated carbocycles. The number of halogens is 1. The Balaban J connectivity index is 2.04. The number of hydrogen-bond donors (Lipinski definition) is 2. The molecule has 0 amide bonds. The molecule has 0 aliphatic heterocycles. The van der Waals surface area contributed by atoms with Gasteiger partial charge in [-0.15, -0.1) is 0 Å². The van der Waals surface area contributed by atoms with Crippen molar-refractivity contribution in [2.75, 3.05) is 5.43 Å². The fourth-order valence-corrected chi connectivity index (χ4v) is 1.55. The van der Waals surface area contributed by atoms with Gasteiger partial charge in [-0.05, 0) is 24.6 Å². The highest BCUT2D eigenvalue weighted by Gasteiger charge is 2.03. The number of benzene rings is 1.